The molecule has 96 valence electrons. The molecular formula is C8H11N7O2S. The number of aromatic nitrogens is 6. The molecule has 1 atom stereocenters. The molecular weight excluding hydrogens is 258 g/mol. The second-order valence-electron chi connectivity index (χ2n) is 3.73. The summed E-state index contributed by atoms with van der Waals surface area (Å²) in [7, 11) is 3.30. The lowest BCUT2D eigenvalue weighted by Gasteiger charge is -2.06. The summed E-state index contributed by atoms with van der Waals surface area (Å²) in [5.41, 5.74) is 0. The predicted molar refractivity (Wildman–Crippen MR) is 64.1 cm³/mol. The molecule has 0 aliphatic heterocycles. The number of nitrogens with zero attached hydrogens (tertiary/aromatic N) is 7. The first kappa shape index (κ1) is 12.5. The summed E-state index contributed by atoms with van der Waals surface area (Å²) in [6.07, 6.45) is 1.63. The Kier molecular flexibility index (Phi) is 3.28. The summed E-state index contributed by atoms with van der Waals surface area (Å²) in [6.45, 7) is 0. The molecule has 0 aliphatic carbocycles. The van der Waals surface area contributed by atoms with E-state index in [9.17, 15) is 10.1 Å². The highest BCUT2D eigenvalue weighted by Gasteiger charge is 2.22. The number of hydrogen-bond acceptors (Lipinski definition) is 7. The van der Waals surface area contributed by atoms with Crippen molar-refractivity contribution in [2.24, 2.45) is 14.1 Å². The van der Waals surface area contributed by atoms with E-state index in [1.54, 1.807) is 14.1 Å². The van der Waals surface area contributed by atoms with Gasteiger partial charge in [0.05, 0.1) is 12.3 Å². The molecule has 0 spiro atoms. The van der Waals surface area contributed by atoms with Crippen LogP contribution >= 0.6 is 12.6 Å². The topological polar surface area (TPSA) is 105 Å². The minimum atomic E-state index is -0.478. The number of rotatable bonds is 4. The summed E-state index contributed by atoms with van der Waals surface area (Å²) in [6, 6.07) is 0. The molecule has 9 nitrogen and oxygen atoms in total. The molecule has 0 saturated carbocycles. The molecule has 0 bridgehead atoms. The van der Waals surface area contributed by atoms with E-state index in [4.69, 9.17) is 0 Å². The molecule has 2 aromatic rings. The Morgan fingerprint density at radius 1 is 1.56 bits per heavy atom. The van der Waals surface area contributed by atoms with E-state index in [2.05, 4.69) is 33.1 Å². The van der Waals surface area contributed by atoms with Crippen LogP contribution in [0.1, 0.15) is 16.9 Å². The third-order valence-electron chi connectivity index (χ3n) is 2.57. The van der Waals surface area contributed by atoms with E-state index >= 15 is 0 Å². The SMILES string of the molecule is Cn1nnnc1C(S)Cc1ncc([N+](=O)[O-])n1C. The van der Waals surface area contributed by atoms with Crippen LogP contribution in [0.5, 0.6) is 0 Å². The third-order valence-corrected chi connectivity index (χ3v) is 2.99. The van der Waals surface area contributed by atoms with Crippen molar-refractivity contribution in [3.63, 3.8) is 0 Å². The molecule has 0 radical (unpaired) electrons. The average Bonchev–Trinajstić information content (AvgIpc) is 2.86. The molecule has 0 amide bonds. The fraction of sp³-hybridized carbons (Fsp3) is 0.500. The summed E-state index contributed by atoms with van der Waals surface area (Å²) in [4.78, 5) is 14.2. The summed E-state index contributed by atoms with van der Waals surface area (Å²) >= 11 is 4.39. The summed E-state index contributed by atoms with van der Waals surface area (Å²) in [5.74, 6) is 1.09. The first-order valence-corrected chi connectivity index (χ1v) is 5.57. The van der Waals surface area contributed by atoms with Crippen LogP contribution < -0.4 is 0 Å². The highest BCUT2D eigenvalue weighted by Crippen LogP contribution is 2.22. The summed E-state index contributed by atoms with van der Waals surface area (Å²) < 4.78 is 2.93. The molecule has 18 heavy (non-hydrogen) atoms. The second kappa shape index (κ2) is 4.72. The number of nitro groups is 1. The van der Waals surface area contributed by atoms with E-state index in [0.29, 0.717) is 18.1 Å². The lowest BCUT2D eigenvalue weighted by molar-refractivity contribution is -0.391. The highest BCUT2D eigenvalue weighted by atomic mass is 32.1. The van der Waals surface area contributed by atoms with Crippen molar-refractivity contribution in [3.05, 3.63) is 28.0 Å². The zero-order valence-corrected chi connectivity index (χ0v) is 10.7. The molecule has 0 aliphatic rings. The molecule has 0 fully saturated rings. The van der Waals surface area contributed by atoms with Crippen LogP contribution in [-0.2, 0) is 20.5 Å². The Morgan fingerprint density at radius 2 is 2.28 bits per heavy atom. The van der Waals surface area contributed by atoms with Gasteiger partial charge in [0, 0.05) is 13.5 Å². The van der Waals surface area contributed by atoms with E-state index in [-0.39, 0.29) is 11.1 Å². The van der Waals surface area contributed by atoms with Gasteiger partial charge in [0.2, 0.25) is 0 Å². The van der Waals surface area contributed by atoms with Crippen molar-refractivity contribution >= 4 is 18.4 Å². The number of thiol groups is 1. The Balaban J connectivity index is 2.20. The van der Waals surface area contributed by atoms with Crippen molar-refractivity contribution in [2.45, 2.75) is 11.7 Å². The quantitative estimate of drug-likeness (QED) is 0.478. The van der Waals surface area contributed by atoms with Gasteiger partial charge in [0.25, 0.3) is 0 Å². The zero-order chi connectivity index (χ0) is 13.3. The second-order valence-corrected chi connectivity index (χ2v) is 4.35. The highest BCUT2D eigenvalue weighted by molar-refractivity contribution is 7.80. The standard InChI is InChI=1S/C8H11N7O2S/c1-13-6(9-4-7(13)15(16)17)3-5(18)8-10-11-12-14(8)2/h4-5,18H,3H2,1-2H3. The molecule has 2 rings (SSSR count). The van der Waals surface area contributed by atoms with Gasteiger partial charge in [0.15, 0.2) is 11.6 Å². The third kappa shape index (κ3) is 2.18. The van der Waals surface area contributed by atoms with Gasteiger partial charge in [-0.25, -0.2) is 14.2 Å². The van der Waals surface area contributed by atoms with Crippen LogP contribution in [0.25, 0.3) is 0 Å². The minimum absolute atomic E-state index is 0.0541. The van der Waals surface area contributed by atoms with Crippen LogP contribution in [0.15, 0.2) is 6.20 Å². The lowest BCUT2D eigenvalue weighted by atomic mass is 10.2. The van der Waals surface area contributed by atoms with Gasteiger partial charge in [-0.1, -0.05) is 0 Å². The maximum absolute atomic E-state index is 10.7. The van der Waals surface area contributed by atoms with Gasteiger partial charge < -0.3 is 10.1 Å². The smallest absolute Gasteiger partial charge is 0.342 e. The Morgan fingerprint density at radius 3 is 2.78 bits per heavy atom. The Bertz CT molecular complexity index is 578. The van der Waals surface area contributed by atoms with Crippen LogP contribution in [0.2, 0.25) is 0 Å². The fourth-order valence-corrected chi connectivity index (χ4v) is 1.96. The molecule has 10 heteroatoms. The van der Waals surface area contributed by atoms with E-state index in [1.165, 1.54) is 15.4 Å². The first-order valence-electron chi connectivity index (χ1n) is 5.06. The van der Waals surface area contributed by atoms with Gasteiger partial charge in [-0.15, -0.1) is 5.10 Å². The molecule has 1 unspecified atom stereocenters. The Labute approximate surface area is 107 Å². The van der Waals surface area contributed by atoms with E-state index in [1.807, 2.05) is 0 Å². The number of tetrazole rings is 1. The zero-order valence-electron chi connectivity index (χ0n) is 9.76. The molecule has 2 heterocycles. The van der Waals surface area contributed by atoms with Crippen LogP contribution in [0.4, 0.5) is 5.82 Å². The lowest BCUT2D eigenvalue weighted by Crippen LogP contribution is -2.09. The van der Waals surface area contributed by atoms with Crippen LogP contribution in [0, 0.1) is 10.1 Å². The van der Waals surface area contributed by atoms with Gasteiger partial charge >= 0.3 is 5.82 Å². The fourth-order valence-electron chi connectivity index (χ4n) is 1.58. The molecule has 0 saturated heterocycles. The van der Waals surface area contributed by atoms with Gasteiger partial charge in [-0.05, 0) is 15.4 Å². The number of hydrogen-bond donors (Lipinski definition) is 1. The first-order chi connectivity index (χ1) is 8.50. The van der Waals surface area contributed by atoms with Crippen molar-refractivity contribution < 1.29 is 4.92 Å². The van der Waals surface area contributed by atoms with E-state index in [0.717, 1.165) is 0 Å². The molecule has 0 N–H and O–H groups in total. The number of aryl methyl sites for hydroxylation is 1. The Hall–Kier alpha value is -1.97. The minimum Gasteiger partial charge on any atom is -0.358 e. The maximum Gasteiger partial charge on any atom is 0.342 e. The van der Waals surface area contributed by atoms with Gasteiger partial charge in [-0.3, -0.25) is 0 Å². The monoisotopic (exact) mass is 269 g/mol. The predicted octanol–water partition coefficient (Wildman–Crippen LogP) is 0.0654. The molecule has 0 aromatic carbocycles. The largest absolute Gasteiger partial charge is 0.358 e. The van der Waals surface area contributed by atoms with Crippen molar-refractivity contribution in [1.82, 2.24) is 29.8 Å². The summed E-state index contributed by atoms with van der Waals surface area (Å²) in [5, 5.41) is 21.5. The van der Waals surface area contributed by atoms with Gasteiger partial charge in [-0.2, -0.15) is 12.6 Å². The van der Waals surface area contributed by atoms with Crippen molar-refractivity contribution in [3.8, 4) is 0 Å². The van der Waals surface area contributed by atoms with Crippen molar-refractivity contribution in [1.29, 1.82) is 0 Å². The van der Waals surface area contributed by atoms with Gasteiger partial charge in [0.1, 0.15) is 6.20 Å². The van der Waals surface area contributed by atoms with Crippen LogP contribution in [0.3, 0.4) is 0 Å². The van der Waals surface area contributed by atoms with Crippen LogP contribution in [-0.4, -0.2) is 34.7 Å². The number of imidazole rings is 1. The van der Waals surface area contributed by atoms with Crippen molar-refractivity contribution in [2.75, 3.05) is 0 Å². The molecule has 2 aromatic heterocycles. The van der Waals surface area contributed by atoms with E-state index < -0.39 is 4.92 Å². The normalized spacial score (nSPS) is 12.6. The maximum atomic E-state index is 10.7. The average molecular weight is 269 g/mol.